The lowest BCUT2D eigenvalue weighted by molar-refractivity contribution is -0.130. The fraction of sp³-hybridized carbons (Fsp3) is 0.462. The van der Waals surface area contributed by atoms with E-state index in [0.717, 1.165) is 31.7 Å². The summed E-state index contributed by atoms with van der Waals surface area (Å²) in [6.45, 7) is 5.47. The maximum Gasteiger partial charge on any atom is 0.219 e. The van der Waals surface area contributed by atoms with E-state index in [2.05, 4.69) is 15.0 Å². The van der Waals surface area contributed by atoms with Crippen molar-refractivity contribution < 1.29 is 4.79 Å². The summed E-state index contributed by atoms with van der Waals surface area (Å²) < 4.78 is 1.75. The maximum absolute atomic E-state index is 11.3. The van der Waals surface area contributed by atoms with Crippen LogP contribution in [0.5, 0.6) is 0 Å². The van der Waals surface area contributed by atoms with E-state index in [-0.39, 0.29) is 5.91 Å². The predicted molar refractivity (Wildman–Crippen MR) is 74.9 cm³/mol. The summed E-state index contributed by atoms with van der Waals surface area (Å²) >= 11 is 0. The highest BCUT2D eigenvalue weighted by Gasteiger charge is 2.19. The molecule has 1 fully saturated rings. The molecule has 0 aliphatic carbocycles. The van der Waals surface area contributed by atoms with Gasteiger partial charge < -0.3 is 10.6 Å². The van der Waals surface area contributed by atoms with Gasteiger partial charge in [-0.05, 0) is 12.1 Å². The molecule has 1 saturated heterocycles. The molecule has 3 rings (SSSR count). The van der Waals surface area contributed by atoms with E-state index in [1.807, 2.05) is 23.2 Å². The fourth-order valence-electron chi connectivity index (χ4n) is 2.49. The van der Waals surface area contributed by atoms with Crippen LogP contribution in [0.4, 0.5) is 5.82 Å². The number of anilines is 1. The Morgan fingerprint density at radius 1 is 1.35 bits per heavy atom. The van der Waals surface area contributed by atoms with Crippen LogP contribution < -0.4 is 5.73 Å². The molecule has 0 radical (unpaired) electrons. The molecule has 0 spiro atoms. The van der Waals surface area contributed by atoms with Gasteiger partial charge >= 0.3 is 0 Å². The van der Waals surface area contributed by atoms with Crippen LogP contribution in [0, 0.1) is 0 Å². The minimum Gasteiger partial charge on any atom is -0.382 e. The van der Waals surface area contributed by atoms with Crippen LogP contribution in [-0.4, -0.2) is 56.5 Å². The Hall–Kier alpha value is -2.15. The average Bonchev–Trinajstić information content (AvgIpc) is 2.88. The summed E-state index contributed by atoms with van der Waals surface area (Å²) in [5, 5.41) is 4.45. The van der Waals surface area contributed by atoms with Crippen molar-refractivity contribution >= 4 is 17.2 Å². The second-order valence-corrected chi connectivity index (χ2v) is 5.03. The summed E-state index contributed by atoms with van der Waals surface area (Å²) in [7, 11) is 0. The van der Waals surface area contributed by atoms with Crippen LogP contribution in [-0.2, 0) is 11.3 Å². The van der Waals surface area contributed by atoms with E-state index in [0.29, 0.717) is 18.2 Å². The number of nitrogens with two attached hydrogens (primary N) is 1. The number of rotatable bonds is 2. The van der Waals surface area contributed by atoms with E-state index in [9.17, 15) is 4.79 Å². The van der Waals surface area contributed by atoms with Gasteiger partial charge in [0.25, 0.3) is 0 Å². The molecule has 7 nitrogen and oxygen atoms in total. The molecular weight excluding hydrogens is 256 g/mol. The molecule has 1 amide bonds. The molecule has 106 valence electrons. The molecule has 0 bridgehead atoms. The van der Waals surface area contributed by atoms with Crippen molar-refractivity contribution in [2.75, 3.05) is 31.9 Å². The highest BCUT2D eigenvalue weighted by atomic mass is 16.2. The lowest BCUT2D eigenvalue weighted by atomic mass is 10.3. The SMILES string of the molecule is CC(=O)N1CCN(Cc2nc(N)c3cccn3n2)CC1. The molecule has 1 aliphatic rings. The third-order valence-electron chi connectivity index (χ3n) is 3.65. The minimum absolute atomic E-state index is 0.138. The Balaban J connectivity index is 1.69. The van der Waals surface area contributed by atoms with E-state index in [1.54, 1.807) is 11.4 Å². The van der Waals surface area contributed by atoms with Crippen molar-refractivity contribution in [1.82, 2.24) is 24.4 Å². The molecule has 0 unspecified atom stereocenters. The van der Waals surface area contributed by atoms with Gasteiger partial charge in [0, 0.05) is 39.3 Å². The van der Waals surface area contributed by atoms with Crippen LogP contribution in [0.1, 0.15) is 12.7 Å². The average molecular weight is 274 g/mol. The molecule has 3 heterocycles. The van der Waals surface area contributed by atoms with Gasteiger partial charge in [-0.3, -0.25) is 9.69 Å². The first-order valence-electron chi connectivity index (χ1n) is 6.71. The second-order valence-electron chi connectivity index (χ2n) is 5.03. The first-order valence-corrected chi connectivity index (χ1v) is 6.71. The predicted octanol–water partition coefficient (Wildman–Crippen LogP) is -0.0244. The van der Waals surface area contributed by atoms with Gasteiger partial charge in [0.1, 0.15) is 5.52 Å². The lowest BCUT2D eigenvalue weighted by Gasteiger charge is -2.33. The molecule has 0 saturated carbocycles. The lowest BCUT2D eigenvalue weighted by Crippen LogP contribution is -2.47. The Morgan fingerprint density at radius 3 is 2.80 bits per heavy atom. The van der Waals surface area contributed by atoms with Crippen molar-refractivity contribution in [3.63, 3.8) is 0 Å². The first-order chi connectivity index (χ1) is 9.63. The largest absolute Gasteiger partial charge is 0.382 e. The van der Waals surface area contributed by atoms with Gasteiger partial charge in [-0.1, -0.05) is 0 Å². The number of carbonyl (C=O) groups excluding carboxylic acids is 1. The van der Waals surface area contributed by atoms with Crippen molar-refractivity contribution in [3.8, 4) is 0 Å². The molecule has 0 atom stereocenters. The van der Waals surface area contributed by atoms with Gasteiger partial charge in [0.2, 0.25) is 5.91 Å². The van der Waals surface area contributed by atoms with Gasteiger partial charge in [0.05, 0.1) is 6.54 Å². The monoisotopic (exact) mass is 274 g/mol. The summed E-state index contributed by atoms with van der Waals surface area (Å²) in [5.74, 6) is 1.35. The van der Waals surface area contributed by atoms with Crippen LogP contribution in [0.15, 0.2) is 18.3 Å². The smallest absolute Gasteiger partial charge is 0.219 e. The number of hydrogen-bond donors (Lipinski definition) is 1. The molecule has 0 aromatic carbocycles. The number of nitrogen functional groups attached to an aromatic ring is 1. The molecular formula is C13H18N6O. The van der Waals surface area contributed by atoms with E-state index in [1.165, 1.54) is 0 Å². The molecule has 1 aliphatic heterocycles. The van der Waals surface area contributed by atoms with E-state index < -0.39 is 0 Å². The van der Waals surface area contributed by atoms with Crippen molar-refractivity contribution in [1.29, 1.82) is 0 Å². The Kier molecular flexibility index (Phi) is 3.27. The second kappa shape index (κ2) is 5.09. The van der Waals surface area contributed by atoms with Crippen LogP contribution in [0.3, 0.4) is 0 Å². The number of aromatic nitrogens is 3. The molecule has 2 aromatic heterocycles. The van der Waals surface area contributed by atoms with Crippen LogP contribution in [0.25, 0.3) is 5.52 Å². The van der Waals surface area contributed by atoms with Crippen LogP contribution in [0.2, 0.25) is 0 Å². The van der Waals surface area contributed by atoms with Gasteiger partial charge in [-0.15, -0.1) is 0 Å². The van der Waals surface area contributed by atoms with Gasteiger partial charge in [-0.25, -0.2) is 9.50 Å². The fourth-order valence-corrected chi connectivity index (χ4v) is 2.49. The zero-order valence-electron chi connectivity index (χ0n) is 11.5. The summed E-state index contributed by atoms with van der Waals surface area (Å²) in [5.41, 5.74) is 6.75. The quantitative estimate of drug-likeness (QED) is 0.832. The zero-order valence-corrected chi connectivity index (χ0v) is 11.5. The van der Waals surface area contributed by atoms with Crippen molar-refractivity contribution in [2.45, 2.75) is 13.5 Å². The number of carbonyl (C=O) groups is 1. The van der Waals surface area contributed by atoms with Crippen LogP contribution >= 0.6 is 0 Å². The Bertz CT molecular complexity index is 629. The van der Waals surface area contributed by atoms with Crippen molar-refractivity contribution in [2.24, 2.45) is 0 Å². The third-order valence-corrected chi connectivity index (χ3v) is 3.65. The number of piperazine rings is 1. The molecule has 20 heavy (non-hydrogen) atoms. The standard InChI is InChI=1S/C13H18N6O/c1-10(20)18-7-5-17(6-8-18)9-12-15-13(14)11-3-2-4-19(11)16-12/h2-4H,5-9H2,1H3,(H2,14,15,16). The minimum atomic E-state index is 0.138. The topological polar surface area (TPSA) is 79.8 Å². The Labute approximate surface area is 117 Å². The van der Waals surface area contributed by atoms with E-state index >= 15 is 0 Å². The molecule has 2 N–H and O–H groups in total. The maximum atomic E-state index is 11.3. The zero-order chi connectivity index (χ0) is 14.1. The van der Waals surface area contributed by atoms with Gasteiger partial charge in [0.15, 0.2) is 11.6 Å². The molecule has 2 aromatic rings. The normalized spacial score (nSPS) is 16.8. The summed E-state index contributed by atoms with van der Waals surface area (Å²) in [6.07, 6.45) is 1.87. The first kappa shape index (κ1) is 12.9. The highest BCUT2D eigenvalue weighted by Crippen LogP contribution is 2.12. The van der Waals surface area contributed by atoms with E-state index in [4.69, 9.17) is 5.73 Å². The van der Waals surface area contributed by atoms with Gasteiger partial charge in [-0.2, -0.15) is 5.10 Å². The molecule has 7 heteroatoms. The summed E-state index contributed by atoms with van der Waals surface area (Å²) in [6, 6.07) is 3.79. The number of fused-ring (bicyclic) bond motifs is 1. The number of nitrogens with zero attached hydrogens (tertiary/aromatic N) is 5. The third kappa shape index (κ3) is 2.44. The number of amides is 1. The highest BCUT2D eigenvalue weighted by molar-refractivity contribution is 5.73. The Morgan fingerprint density at radius 2 is 2.10 bits per heavy atom. The summed E-state index contributed by atoms with van der Waals surface area (Å²) in [4.78, 5) is 19.7. The number of hydrogen-bond acceptors (Lipinski definition) is 5. The van der Waals surface area contributed by atoms with Crippen molar-refractivity contribution in [3.05, 3.63) is 24.2 Å².